The van der Waals surface area contributed by atoms with Crippen LogP contribution in [0.1, 0.15) is 32.0 Å². The van der Waals surface area contributed by atoms with Crippen LogP contribution in [0.4, 0.5) is 0 Å². The van der Waals surface area contributed by atoms with E-state index in [0.717, 1.165) is 16.9 Å². The van der Waals surface area contributed by atoms with Gasteiger partial charge in [0.1, 0.15) is 5.65 Å². The van der Waals surface area contributed by atoms with E-state index in [1.54, 1.807) is 0 Å². The van der Waals surface area contributed by atoms with E-state index in [4.69, 9.17) is 0 Å². The monoisotopic (exact) mass is 245 g/mol. The number of amides is 1. The number of hydrogen-bond acceptors (Lipinski definition) is 2. The molecule has 0 saturated carbocycles. The van der Waals surface area contributed by atoms with Crippen molar-refractivity contribution in [3.63, 3.8) is 0 Å². The molecule has 0 aliphatic rings. The molecule has 96 valence electrons. The number of hydrogen-bond donors (Lipinski definition) is 1. The second kappa shape index (κ2) is 4.44. The number of nitrogens with zero attached hydrogens (tertiary/aromatic N) is 2. The maximum absolute atomic E-state index is 11.8. The molecule has 4 nitrogen and oxygen atoms in total. The van der Waals surface area contributed by atoms with Crippen molar-refractivity contribution in [2.24, 2.45) is 0 Å². The summed E-state index contributed by atoms with van der Waals surface area (Å²) in [5.41, 5.74) is 2.62. The van der Waals surface area contributed by atoms with Gasteiger partial charge in [0.2, 0.25) is 5.91 Å². The van der Waals surface area contributed by atoms with Gasteiger partial charge in [0, 0.05) is 17.9 Å². The van der Waals surface area contributed by atoms with E-state index in [0.29, 0.717) is 6.42 Å². The molecule has 2 aromatic rings. The molecule has 2 heterocycles. The molecule has 4 heteroatoms. The highest BCUT2D eigenvalue weighted by Gasteiger charge is 2.15. The number of nitrogens with one attached hydrogen (secondary N) is 1. The van der Waals surface area contributed by atoms with Crippen molar-refractivity contribution in [1.82, 2.24) is 14.7 Å². The van der Waals surface area contributed by atoms with E-state index >= 15 is 0 Å². The SMILES string of the molecule is Cc1cccn2cc(CC(=O)NC(C)(C)C)nc12. The molecule has 0 saturated heterocycles. The summed E-state index contributed by atoms with van der Waals surface area (Å²) in [6, 6.07) is 3.99. The van der Waals surface area contributed by atoms with Crippen molar-refractivity contribution in [1.29, 1.82) is 0 Å². The molecule has 1 N–H and O–H groups in total. The number of rotatable bonds is 2. The highest BCUT2D eigenvalue weighted by atomic mass is 16.1. The van der Waals surface area contributed by atoms with Crippen LogP contribution in [-0.2, 0) is 11.2 Å². The normalized spacial score (nSPS) is 11.8. The molecule has 1 amide bonds. The molecule has 0 fully saturated rings. The maximum Gasteiger partial charge on any atom is 0.226 e. The van der Waals surface area contributed by atoms with Crippen molar-refractivity contribution in [2.45, 2.75) is 39.7 Å². The number of aryl methyl sites for hydroxylation is 1. The first-order valence-corrected chi connectivity index (χ1v) is 6.09. The average Bonchev–Trinajstić information content (AvgIpc) is 2.58. The minimum Gasteiger partial charge on any atom is -0.351 e. The summed E-state index contributed by atoms with van der Waals surface area (Å²) in [4.78, 5) is 16.3. The van der Waals surface area contributed by atoms with Crippen LogP contribution in [0.15, 0.2) is 24.5 Å². The lowest BCUT2D eigenvalue weighted by atomic mass is 10.1. The Bertz CT molecular complexity index is 578. The Morgan fingerprint density at radius 2 is 2.17 bits per heavy atom. The highest BCUT2D eigenvalue weighted by molar-refractivity contribution is 5.79. The molecule has 0 atom stereocenters. The molecule has 18 heavy (non-hydrogen) atoms. The molecule has 0 unspecified atom stereocenters. The van der Waals surface area contributed by atoms with Crippen LogP contribution in [0.5, 0.6) is 0 Å². The van der Waals surface area contributed by atoms with Crippen molar-refractivity contribution in [3.05, 3.63) is 35.8 Å². The molecule has 0 radical (unpaired) electrons. The fraction of sp³-hybridized carbons (Fsp3) is 0.429. The summed E-state index contributed by atoms with van der Waals surface area (Å²) in [6.07, 6.45) is 4.17. The van der Waals surface area contributed by atoms with Crippen LogP contribution in [0.2, 0.25) is 0 Å². The van der Waals surface area contributed by atoms with Crippen LogP contribution in [0.25, 0.3) is 5.65 Å². The molecule has 0 aliphatic carbocycles. The highest BCUT2D eigenvalue weighted by Crippen LogP contribution is 2.10. The first-order chi connectivity index (χ1) is 8.35. The van der Waals surface area contributed by atoms with E-state index in [9.17, 15) is 4.79 Å². The van der Waals surface area contributed by atoms with Crippen LogP contribution in [-0.4, -0.2) is 20.8 Å². The molecule has 0 spiro atoms. The average molecular weight is 245 g/mol. The Balaban J connectivity index is 2.18. The Kier molecular flexibility index (Phi) is 3.11. The zero-order valence-electron chi connectivity index (χ0n) is 11.3. The third-order valence-corrected chi connectivity index (χ3v) is 2.58. The molecule has 0 aromatic carbocycles. The van der Waals surface area contributed by atoms with Crippen LogP contribution >= 0.6 is 0 Å². The number of imidazole rings is 1. The van der Waals surface area contributed by atoms with Gasteiger partial charge in [-0.3, -0.25) is 4.79 Å². The van der Waals surface area contributed by atoms with Crippen molar-refractivity contribution in [3.8, 4) is 0 Å². The lowest BCUT2D eigenvalue weighted by Gasteiger charge is -2.19. The van der Waals surface area contributed by atoms with Crippen molar-refractivity contribution < 1.29 is 4.79 Å². The second-order valence-electron chi connectivity index (χ2n) is 5.63. The van der Waals surface area contributed by atoms with E-state index < -0.39 is 0 Å². The number of fused-ring (bicyclic) bond motifs is 1. The molecule has 2 aromatic heterocycles. The topological polar surface area (TPSA) is 46.4 Å². The lowest BCUT2D eigenvalue weighted by Crippen LogP contribution is -2.41. The summed E-state index contributed by atoms with van der Waals surface area (Å²) in [7, 11) is 0. The van der Waals surface area contributed by atoms with Gasteiger partial charge in [0.15, 0.2) is 0 Å². The standard InChI is InChI=1S/C14H19N3O/c1-10-6-5-7-17-9-11(15-13(10)17)8-12(18)16-14(2,3)4/h5-7,9H,8H2,1-4H3,(H,16,18). The first-order valence-electron chi connectivity index (χ1n) is 6.09. The van der Waals surface area contributed by atoms with E-state index in [1.807, 2.05) is 56.6 Å². The largest absolute Gasteiger partial charge is 0.351 e. The quantitative estimate of drug-likeness (QED) is 0.880. The Hall–Kier alpha value is -1.84. The molecular weight excluding hydrogens is 226 g/mol. The number of carbonyl (C=O) groups excluding carboxylic acids is 1. The molecule has 0 aliphatic heterocycles. The predicted octanol–water partition coefficient (Wildman–Crippen LogP) is 2.10. The fourth-order valence-electron chi connectivity index (χ4n) is 1.92. The third-order valence-electron chi connectivity index (χ3n) is 2.58. The summed E-state index contributed by atoms with van der Waals surface area (Å²) in [5.74, 6) is 0.00330. The van der Waals surface area contributed by atoms with Gasteiger partial charge in [-0.2, -0.15) is 0 Å². The maximum atomic E-state index is 11.8. The van der Waals surface area contributed by atoms with Gasteiger partial charge in [-0.15, -0.1) is 0 Å². The smallest absolute Gasteiger partial charge is 0.226 e. The Morgan fingerprint density at radius 1 is 1.44 bits per heavy atom. The fourth-order valence-corrected chi connectivity index (χ4v) is 1.92. The first kappa shape index (κ1) is 12.6. The number of carbonyl (C=O) groups is 1. The van der Waals surface area contributed by atoms with E-state index in [1.165, 1.54) is 0 Å². The zero-order valence-corrected chi connectivity index (χ0v) is 11.3. The number of aromatic nitrogens is 2. The van der Waals surface area contributed by atoms with Crippen LogP contribution in [0.3, 0.4) is 0 Å². The van der Waals surface area contributed by atoms with Gasteiger partial charge in [-0.05, 0) is 39.3 Å². The molecular formula is C14H19N3O. The zero-order chi connectivity index (χ0) is 13.3. The second-order valence-corrected chi connectivity index (χ2v) is 5.63. The van der Waals surface area contributed by atoms with Crippen LogP contribution < -0.4 is 5.32 Å². The van der Waals surface area contributed by atoms with Gasteiger partial charge in [0.25, 0.3) is 0 Å². The summed E-state index contributed by atoms with van der Waals surface area (Å²) in [5, 5.41) is 2.94. The van der Waals surface area contributed by atoms with E-state index in [2.05, 4.69) is 10.3 Å². The van der Waals surface area contributed by atoms with E-state index in [-0.39, 0.29) is 11.4 Å². The Morgan fingerprint density at radius 3 is 2.78 bits per heavy atom. The van der Waals surface area contributed by atoms with Crippen LogP contribution in [0, 0.1) is 6.92 Å². The minimum atomic E-state index is -0.202. The minimum absolute atomic E-state index is 0.00330. The molecule has 2 rings (SSSR count). The summed E-state index contributed by atoms with van der Waals surface area (Å²) in [6.45, 7) is 7.93. The predicted molar refractivity (Wildman–Crippen MR) is 71.5 cm³/mol. The lowest BCUT2D eigenvalue weighted by molar-refractivity contribution is -0.121. The Labute approximate surface area is 107 Å². The van der Waals surface area contributed by atoms with Gasteiger partial charge in [-0.1, -0.05) is 6.07 Å². The van der Waals surface area contributed by atoms with Crippen molar-refractivity contribution in [2.75, 3.05) is 0 Å². The van der Waals surface area contributed by atoms with Gasteiger partial charge < -0.3 is 9.72 Å². The van der Waals surface area contributed by atoms with Gasteiger partial charge in [0.05, 0.1) is 12.1 Å². The van der Waals surface area contributed by atoms with Gasteiger partial charge >= 0.3 is 0 Å². The summed E-state index contributed by atoms with van der Waals surface area (Å²) < 4.78 is 1.95. The van der Waals surface area contributed by atoms with Crippen molar-refractivity contribution >= 4 is 11.6 Å². The van der Waals surface area contributed by atoms with Gasteiger partial charge in [-0.25, -0.2) is 4.98 Å². The third kappa shape index (κ3) is 2.88. The number of pyridine rings is 1. The summed E-state index contributed by atoms with van der Waals surface area (Å²) >= 11 is 0. The molecule has 0 bridgehead atoms.